The molecule has 3 heterocycles. The van der Waals surface area contributed by atoms with Crippen molar-refractivity contribution in [2.24, 2.45) is 0 Å². The molecule has 3 aromatic rings. The summed E-state index contributed by atoms with van der Waals surface area (Å²) in [5, 5.41) is 9.52. The monoisotopic (exact) mass is 473 g/mol. The lowest BCUT2D eigenvalue weighted by molar-refractivity contribution is 0.0713. The summed E-state index contributed by atoms with van der Waals surface area (Å²) in [5.74, 6) is 1.35. The van der Waals surface area contributed by atoms with Crippen LogP contribution in [-0.4, -0.2) is 58.4 Å². The number of carbonyl (C=O) groups excluding carboxylic acids is 1. The molecule has 0 spiro atoms. The van der Waals surface area contributed by atoms with Gasteiger partial charge >= 0.3 is 0 Å². The normalized spacial score (nSPS) is 16.8. The van der Waals surface area contributed by atoms with E-state index in [9.17, 15) is 4.79 Å². The lowest BCUT2D eigenvalue weighted by Crippen LogP contribution is -2.38. The fraction of sp³-hybridized carbons (Fsp3) is 0.370. The summed E-state index contributed by atoms with van der Waals surface area (Å²) in [4.78, 5) is 25.5. The SMILES string of the molecule is N#Cc1ccc(C2CCN(C(=O)c3cccc(-c4nc(CCN5CCC5)[nH]c4Cl)c3)CC2)cc1. The number of rotatable bonds is 6. The highest BCUT2D eigenvalue weighted by molar-refractivity contribution is 6.31. The first-order valence-electron chi connectivity index (χ1n) is 12.0. The first-order valence-corrected chi connectivity index (χ1v) is 12.3. The predicted octanol–water partition coefficient (Wildman–Crippen LogP) is 4.87. The van der Waals surface area contributed by atoms with Crippen molar-refractivity contribution in [3.8, 4) is 17.3 Å². The van der Waals surface area contributed by atoms with E-state index in [4.69, 9.17) is 21.8 Å². The largest absolute Gasteiger partial charge is 0.339 e. The molecule has 2 fully saturated rings. The molecule has 174 valence electrons. The zero-order valence-corrected chi connectivity index (χ0v) is 19.9. The van der Waals surface area contributed by atoms with Crippen LogP contribution in [0.25, 0.3) is 11.3 Å². The zero-order chi connectivity index (χ0) is 23.5. The number of likely N-dealkylation sites (tertiary alicyclic amines) is 2. The second-order valence-electron chi connectivity index (χ2n) is 9.17. The van der Waals surface area contributed by atoms with Crippen LogP contribution in [-0.2, 0) is 6.42 Å². The van der Waals surface area contributed by atoms with E-state index in [2.05, 4.69) is 16.0 Å². The summed E-state index contributed by atoms with van der Waals surface area (Å²) < 4.78 is 0. The minimum atomic E-state index is 0.0461. The summed E-state index contributed by atoms with van der Waals surface area (Å²) in [6, 6.07) is 17.6. The van der Waals surface area contributed by atoms with Crippen molar-refractivity contribution < 1.29 is 4.79 Å². The van der Waals surface area contributed by atoms with Gasteiger partial charge in [-0.3, -0.25) is 4.79 Å². The molecule has 7 heteroatoms. The first kappa shape index (κ1) is 22.6. The van der Waals surface area contributed by atoms with Crippen molar-refractivity contribution >= 4 is 17.5 Å². The number of hydrogen-bond acceptors (Lipinski definition) is 4. The molecule has 2 aliphatic rings. The van der Waals surface area contributed by atoms with E-state index >= 15 is 0 Å². The van der Waals surface area contributed by atoms with Gasteiger partial charge in [0.15, 0.2) is 0 Å². The summed E-state index contributed by atoms with van der Waals surface area (Å²) in [5.41, 5.74) is 4.14. The number of aromatic nitrogens is 2. The van der Waals surface area contributed by atoms with E-state index < -0.39 is 0 Å². The Hall–Kier alpha value is -3.14. The number of imidazole rings is 1. The van der Waals surface area contributed by atoms with Crippen molar-refractivity contribution in [3.05, 3.63) is 76.2 Å². The number of H-pyrrole nitrogens is 1. The van der Waals surface area contributed by atoms with Gasteiger partial charge in [-0.25, -0.2) is 4.98 Å². The first-order chi connectivity index (χ1) is 16.6. The van der Waals surface area contributed by atoms with Crippen molar-refractivity contribution in [2.75, 3.05) is 32.7 Å². The number of hydrogen-bond donors (Lipinski definition) is 1. The number of piperidine rings is 1. The Morgan fingerprint density at radius 1 is 1.12 bits per heavy atom. The average molecular weight is 474 g/mol. The van der Waals surface area contributed by atoms with Crippen LogP contribution in [0, 0.1) is 11.3 Å². The minimum Gasteiger partial charge on any atom is -0.339 e. The molecule has 1 N–H and O–H groups in total. The van der Waals surface area contributed by atoms with Crippen molar-refractivity contribution in [2.45, 2.75) is 31.6 Å². The molecule has 2 aliphatic heterocycles. The van der Waals surface area contributed by atoms with Crippen LogP contribution in [0.2, 0.25) is 5.15 Å². The molecule has 34 heavy (non-hydrogen) atoms. The van der Waals surface area contributed by atoms with Crippen molar-refractivity contribution in [3.63, 3.8) is 0 Å². The summed E-state index contributed by atoms with van der Waals surface area (Å²) in [6.07, 6.45) is 3.95. The van der Waals surface area contributed by atoms with E-state index in [0.29, 0.717) is 27.9 Å². The maximum atomic E-state index is 13.2. The number of carbonyl (C=O) groups is 1. The third-order valence-corrected chi connectivity index (χ3v) is 7.27. The Morgan fingerprint density at radius 3 is 2.56 bits per heavy atom. The highest BCUT2D eigenvalue weighted by Crippen LogP contribution is 2.30. The molecule has 5 rings (SSSR count). The van der Waals surface area contributed by atoms with E-state index in [1.165, 1.54) is 12.0 Å². The third-order valence-electron chi connectivity index (χ3n) is 7.00. The third kappa shape index (κ3) is 4.86. The molecular formula is C27H28ClN5O. The molecule has 2 aromatic carbocycles. The smallest absolute Gasteiger partial charge is 0.253 e. The molecule has 6 nitrogen and oxygen atoms in total. The van der Waals surface area contributed by atoms with Crippen molar-refractivity contribution in [1.29, 1.82) is 5.26 Å². The average Bonchev–Trinajstić information content (AvgIpc) is 3.23. The van der Waals surface area contributed by atoms with Crippen LogP contribution < -0.4 is 0 Å². The molecule has 0 bridgehead atoms. The van der Waals surface area contributed by atoms with Gasteiger partial charge in [-0.2, -0.15) is 5.26 Å². The van der Waals surface area contributed by atoms with E-state index in [0.717, 1.165) is 63.4 Å². The van der Waals surface area contributed by atoms with Gasteiger partial charge < -0.3 is 14.8 Å². The van der Waals surface area contributed by atoms with Gasteiger partial charge in [0.1, 0.15) is 16.7 Å². The Balaban J connectivity index is 1.23. The summed E-state index contributed by atoms with van der Waals surface area (Å²) >= 11 is 6.47. The molecule has 1 aromatic heterocycles. The maximum absolute atomic E-state index is 13.2. The van der Waals surface area contributed by atoms with Crippen LogP contribution in [0.4, 0.5) is 0 Å². The molecule has 2 saturated heterocycles. The highest BCUT2D eigenvalue weighted by Gasteiger charge is 2.25. The van der Waals surface area contributed by atoms with Crippen LogP contribution in [0.15, 0.2) is 48.5 Å². The summed E-state index contributed by atoms with van der Waals surface area (Å²) in [7, 11) is 0. The lowest BCUT2D eigenvalue weighted by atomic mass is 9.89. The second-order valence-corrected chi connectivity index (χ2v) is 9.55. The van der Waals surface area contributed by atoms with Crippen LogP contribution in [0.3, 0.4) is 0 Å². The van der Waals surface area contributed by atoms with E-state index in [-0.39, 0.29) is 5.91 Å². The number of benzene rings is 2. The minimum absolute atomic E-state index is 0.0461. The van der Waals surface area contributed by atoms with Gasteiger partial charge in [-0.1, -0.05) is 35.9 Å². The standard InChI is InChI=1S/C27H28ClN5O/c28-26-25(30-24(31-26)11-14-32-12-2-13-32)22-3-1-4-23(17-22)27(34)33-15-9-21(10-16-33)20-7-5-19(18-29)6-8-20/h1,3-8,17,21H,2,9-16H2,(H,30,31). The van der Waals surface area contributed by atoms with Crippen LogP contribution >= 0.6 is 11.6 Å². The number of aromatic amines is 1. The Kier molecular flexibility index (Phi) is 6.66. The molecule has 0 unspecified atom stereocenters. The van der Waals surface area contributed by atoms with E-state index in [1.807, 2.05) is 53.4 Å². The number of amides is 1. The second kappa shape index (κ2) is 10.0. The lowest BCUT2D eigenvalue weighted by Gasteiger charge is -2.32. The number of nitriles is 1. The fourth-order valence-electron chi connectivity index (χ4n) is 4.80. The molecular weight excluding hydrogens is 446 g/mol. The maximum Gasteiger partial charge on any atom is 0.253 e. The number of nitrogens with one attached hydrogen (secondary N) is 1. The number of nitrogens with zero attached hydrogens (tertiary/aromatic N) is 4. The van der Waals surface area contributed by atoms with Gasteiger partial charge in [-0.05, 0) is 68.1 Å². The van der Waals surface area contributed by atoms with Gasteiger partial charge in [-0.15, -0.1) is 0 Å². The highest BCUT2D eigenvalue weighted by atomic mass is 35.5. The van der Waals surface area contributed by atoms with Gasteiger partial charge in [0.05, 0.1) is 11.6 Å². The Bertz CT molecular complexity index is 1200. The Labute approximate surface area is 205 Å². The predicted molar refractivity (Wildman–Crippen MR) is 133 cm³/mol. The van der Waals surface area contributed by atoms with Gasteiger partial charge in [0.2, 0.25) is 0 Å². The molecule has 0 saturated carbocycles. The van der Waals surface area contributed by atoms with Crippen LogP contribution in [0.5, 0.6) is 0 Å². The quantitative estimate of drug-likeness (QED) is 0.554. The molecule has 1 amide bonds. The van der Waals surface area contributed by atoms with E-state index in [1.54, 1.807) is 0 Å². The van der Waals surface area contributed by atoms with Gasteiger partial charge in [0.25, 0.3) is 5.91 Å². The molecule has 0 atom stereocenters. The summed E-state index contributed by atoms with van der Waals surface area (Å²) in [6.45, 7) is 4.75. The number of halogens is 1. The molecule has 0 radical (unpaired) electrons. The Morgan fingerprint density at radius 2 is 1.88 bits per heavy atom. The zero-order valence-electron chi connectivity index (χ0n) is 19.1. The van der Waals surface area contributed by atoms with Crippen molar-refractivity contribution in [1.82, 2.24) is 19.8 Å². The van der Waals surface area contributed by atoms with Gasteiger partial charge in [0, 0.05) is 37.2 Å². The van der Waals surface area contributed by atoms with Crippen LogP contribution in [0.1, 0.15) is 52.5 Å². The fourth-order valence-corrected chi connectivity index (χ4v) is 5.07. The molecule has 0 aliphatic carbocycles. The topological polar surface area (TPSA) is 76.0 Å².